The molecule has 0 bridgehead atoms. The van der Waals surface area contributed by atoms with E-state index in [-0.39, 0.29) is 23.1 Å². The minimum absolute atomic E-state index is 0. The van der Waals surface area contributed by atoms with Crippen LogP contribution in [-0.2, 0) is 0 Å². The predicted octanol–water partition coefficient (Wildman–Crippen LogP) is 0.941. The quantitative estimate of drug-likeness (QED) is 0.451. The molecule has 1 rings (SSSR count). The lowest BCUT2D eigenvalue weighted by molar-refractivity contribution is 1.55. The third-order valence-corrected chi connectivity index (χ3v) is 1.32. The lowest BCUT2D eigenvalue weighted by Gasteiger charge is -1.64. The van der Waals surface area contributed by atoms with Crippen molar-refractivity contribution in [2.45, 2.75) is 6.92 Å². The van der Waals surface area contributed by atoms with Gasteiger partial charge in [-0.25, -0.2) is 0 Å². The lowest BCUT2D eigenvalue weighted by atomic mass is 10.4. The van der Waals surface area contributed by atoms with Crippen molar-refractivity contribution in [3.63, 3.8) is 0 Å². The lowest BCUT2D eigenvalue weighted by Crippen LogP contribution is -1.49. The van der Waals surface area contributed by atoms with Crippen LogP contribution in [0.3, 0.4) is 0 Å². The molecule has 7 heavy (non-hydrogen) atoms. The summed E-state index contributed by atoms with van der Waals surface area (Å²) in [6, 6.07) is 2.05. The van der Waals surface area contributed by atoms with Crippen LogP contribution in [0.4, 0.5) is 0 Å². The van der Waals surface area contributed by atoms with Crippen LogP contribution in [-0.4, -0.2) is 23.1 Å². The number of rotatable bonds is 0. The van der Waals surface area contributed by atoms with Crippen LogP contribution in [0.25, 0.3) is 0 Å². The van der Waals surface area contributed by atoms with Gasteiger partial charge in [-0.15, -0.1) is 11.3 Å². The minimum atomic E-state index is 0. The molecule has 2 heteroatoms. The number of aryl methyl sites for hydroxylation is 1. The molecule has 0 atom stereocenters. The van der Waals surface area contributed by atoms with E-state index in [1.165, 1.54) is 5.56 Å². The Morgan fingerprint density at radius 2 is 2.43 bits per heavy atom. The molecule has 0 saturated carbocycles. The van der Waals surface area contributed by atoms with Crippen molar-refractivity contribution in [2.75, 3.05) is 0 Å². The van der Waals surface area contributed by atoms with E-state index in [2.05, 4.69) is 5.38 Å². The van der Waals surface area contributed by atoms with Crippen LogP contribution in [0.1, 0.15) is 5.56 Å². The van der Waals surface area contributed by atoms with Gasteiger partial charge in [0, 0.05) is 5.38 Å². The SMILES string of the molecule is Cc1[c]scc1.[MgH2]. The summed E-state index contributed by atoms with van der Waals surface area (Å²) in [4.78, 5) is 0. The van der Waals surface area contributed by atoms with E-state index in [0.717, 1.165) is 0 Å². The van der Waals surface area contributed by atoms with E-state index >= 15 is 0 Å². The van der Waals surface area contributed by atoms with Gasteiger partial charge >= 0.3 is 23.1 Å². The average molecular weight is 123 g/mol. The minimum Gasteiger partial charge on any atom is -0.143 e. The standard InChI is InChI=1S/C5H5S.Mg.2H/c1-5-2-3-6-4-5;;;/h2-3H,1H3;;;. The maximum absolute atomic E-state index is 3.04. The van der Waals surface area contributed by atoms with Crippen molar-refractivity contribution in [1.82, 2.24) is 0 Å². The molecule has 0 saturated heterocycles. The van der Waals surface area contributed by atoms with Gasteiger partial charge in [0.25, 0.3) is 0 Å². The van der Waals surface area contributed by atoms with Crippen molar-refractivity contribution in [3.8, 4) is 0 Å². The molecule has 0 unspecified atom stereocenters. The Labute approximate surface area is 63.7 Å². The first-order valence-electron chi connectivity index (χ1n) is 1.81. The molecule has 0 fully saturated rings. The molecular weight excluding hydrogens is 116 g/mol. The van der Waals surface area contributed by atoms with Gasteiger partial charge in [0.2, 0.25) is 0 Å². The Morgan fingerprint density at radius 1 is 1.71 bits per heavy atom. The first-order valence-corrected chi connectivity index (χ1v) is 2.69. The number of hydrogen-bond acceptors (Lipinski definition) is 1. The summed E-state index contributed by atoms with van der Waals surface area (Å²) in [6.07, 6.45) is 0. The van der Waals surface area contributed by atoms with Gasteiger partial charge in [0.1, 0.15) is 0 Å². The van der Waals surface area contributed by atoms with Crippen molar-refractivity contribution >= 4 is 34.4 Å². The summed E-state index contributed by atoms with van der Waals surface area (Å²) < 4.78 is 0. The van der Waals surface area contributed by atoms with Gasteiger partial charge in [-0.05, 0) is 23.9 Å². The molecule has 1 aromatic rings. The van der Waals surface area contributed by atoms with E-state index in [0.29, 0.717) is 0 Å². The van der Waals surface area contributed by atoms with Crippen molar-refractivity contribution in [2.24, 2.45) is 0 Å². The molecular formula is C5H7MgS. The summed E-state index contributed by atoms with van der Waals surface area (Å²) in [5.74, 6) is 0. The van der Waals surface area contributed by atoms with Gasteiger partial charge in [0.15, 0.2) is 0 Å². The van der Waals surface area contributed by atoms with Crippen LogP contribution in [0, 0.1) is 12.3 Å². The van der Waals surface area contributed by atoms with E-state index < -0.39 is 0 Å². The van der Waals surface area contributed by atoms with Crippen molar-refractivity contribution in [1.29, 1.82) is 0 Å². The van der Waals surface area contributed by atoms with E-state index in [4.69, 9.17) is 0 Å². The second-order valence-corrected chi connectivity index (χ2v) is 1.92. The van der Waals surface area contributed by atoms with Crippen LogP contribution in [0.15, 0.2) is 11.4 Å². The smallest absolute Gasteiger partial charge is 0.143 e. The van der Waals surface area contributed by atoms with E-state index in [9.17, 15) is 0 Å². The molecule has 0 N–H and O–H groups in total. The molecule has 0 aliphatic rings. The van der Waals surface area contributed by atoms with Crippen LogP contribution in [0.5, 0.6) is 0 Å². The highest BCUT2D eigenvalue weighted by Crippen LogP contribution is 2.00. The van der Waals surface area contributed by atoms with Gasteiger partial charge < -0.3 is 0 Å². The fraction of sp³-hybridized carbons (Fsp3) is 0.200. The molecule has 0 nitrogen and oxygen atoms in total. The second kappa shape index (κ2) is 3.47. The summed E-state index contributed by atoms with van der Waals surface area (Å²) in [6.45, 7) is 2.04. The molecule has 0 aliphatic heterocycles. The van der Waals surface area contributed by atoms with Gasteiger partial charge in [-0.2, -0.15) is 0 Å². The van der Waals surface area contributed by atoms with Gasteiger partial charge in [-0.3, -0.25) is 0 Å². The Bertz CT molecular complexity index is 112. The van der Waals surface area contributed by atoms with Gasteiger partial charge in [-0.1, -0.05) is 0 Å². The van der Waals surface area contributed by atoms with Crippen LogP contribution < -0.4 is 0 Å². The monoisotopic (exact) mass is 123 g/mol. The first-order chi connectivity index (χ1) is 2.89. The Morgan fingerprint density at radius 3 is 2.57 bits per heavy atom. The van der Waals surface area contributed by atoms with Crippen molar-refractivity contribution < 1.29 is 0 Å². The summed E-state index contributed by atoms with van der Waals surface area (Å²) >= 11 is 1.61. The normalized spacial score (nSPS) is 7.57. The Balaban J connectivity index is 0.000000360. The highest BCUT2D eigenvalue weighted by molar-refractivity contribution is 7.07. The number of hydrogen-bond donors (Lipinski definition) is 0. The zero-order valence-electron chi connectivity index (χ0n) is 3.56. The first kappa shape index (κ1) is 7.47. The topological polar surface area (TPSA) is 0 Å². The van der Waals surface area contributed by atoms with Crippen LogP contribution in [0.2, 0.25) is 0 Å². The highest BCUT2D eigenvalue weighted by Gasteiger charge is 1.75. The third-order valence-electron chi connectivity index (χ3n) is 0.606. The fourth-order valence-electron chi connectivity index (χ4n) is 0.297. The zero-order valence-corrected chi connectivity index (χ0v) is 4.38. The molecule has 0 amide bonds. The molecule has 0 aromatic carbocycles. The molecule has 0 spiro atoms. The molecule has 1 aromatic heterocycles. The highest BCUT2D eigenvalue weighted by atomic mass is 32.1. The maximum Gasteiger partial charge on any atom is 0.316 e. The second-order valence-electron chi connectivity index (χ2n) is 1.21. The maximum atomic E-state index is 3.04. The van der Waals surface area contributed by atoms with E-state index in [1.807, 2.05) is 18.4 Å². The predicted molar refractivity (Wildman–Crippen MR) is 36.4 cm³/mol. The molecule has 0 aliphatic carbocycles. The largest absolute Gasteiger partial charge is 0.316 e. The average Bonchev–Trinajstić information content (AvgIpc) is 1.86. The summed E-state index contributed by atoms with van der Waals surface area (Å²) in [5, 5.41) is 5.06. The Hall–Kier alpha value is 0.466. The summed E-state index contributed by atoms with van der Waals surface area (Å²) in [7, 11) is 0. The van der Waals surface area contributed by atoms with Crippen LogP contribution >= 0.6 is 11.3 Å². The number of thiophene rings is 1. The zero-order chi connectivity index (χ0) is 4.41. The molecule has 1 heterocycles. The van der Waals surface area contributed by atoms with E-state index in [1.54, 1.807) is 11.3 Å². The fourth-order valence-corrected chi connectivity index (χ4v) is 0.891. The third kappa shape index (κ3) is 2.31. The molecule has 1 radical (unpaired) electrons. The molecule has 35 valence electrons. The van der Waals surface area contributed by atoms with Gasteiger partial charge in [0.05, 0.1) is 0 Å². The summed E-state index contributed by atoms with van der Waals surface area (Å²) in [5.41, 5.74) is 1.24. The van der Waals surface area contributed by atoms with Crippen molar-refractivity contribution in [3.05, 3.63) is 22.4 Å². The Kier molecular flexibility index (Phi) is 3.70.